The molecular formula is C19H24IN3O2. The van der Waals surface area contributed by atoms with Gasteiger partial charge in [-0.25, -0.2) is 0 Å². The molecule has 0 saturated carbocycles. The number of ether oxygens (including phenoxy) is 1. The van der Waals surface area contributed by atoms with Crippen LogP contribution in [0.5, 0.6) is 5.75 Å². The molecule has 0 aliphatic heterocycles. The molecule has 0 aromatic heterocycles. The van der Waals surface area contributed by atoms with Crippen molar-refractivity contribution in [2.75, 3.05) is 19.0 Å². The number of hydrogen-bond acceptors (Lipinski definition) is 3. The van der Waals surface area contributed by atoms with E-state index < -0.39 is 6.10 Å². The molecule has 1 aliphatic rings. The van der Waals surface area contributed by atoms with Crippen LogP contribution < -0.4 is 15.8 Å². The fourth-order valence-corrected chi connectivity index (χ4v) is 2.95. The quantitative estimate of drug-likeness (QED) is 0.369. The van der Waals surface area contributed by atoms with E-state index in [9.17, 15) is 5.11 Å². The number of benzene rings is 2. The van der Waals surface area contributed by atoms with Crippen molar-refractivity contribution in [3.05, 3.63) is 59.2 Å². The third-order valence-corrected chi connectivity index (χ3v) is 4.31. The molecule has 3 rings (SSSR count). The number of guanidine groups is 1. The molecule has 0 fully saturated rings. The summed E-state index contributed by atoms with van der Waals surface area (Å²) in [6, 6.07) is 13.6. The summed E-state index contributed by atoms with van der Waals surface area (Å²) < 4.78 is 5.11. The second-order valence-electron chi connectivity index (χ2n) is 5.98. The smallest absolute Gasteiger partial charge is 0.193 e. The second kappa shape index (κ2) is 9.05. The van der Waals surface area contributed by atoms with Crippen LogP contribution >= 0.6 is 24.0 Å². The Morgan fingerprint density at radius 2 is 1.92 bits per heavy atom. The number of nitrogens with two attached hydrogens (primary N) is 1. The third-order valence-electron chi connectivity index (χ3n) is 4.31. The number of methoxy groups -OCH3 is 1. The van der Waals surface area contributed by atoms with Crippen LogP contribution in [-0.4, -0.2) is 24.7 Å². The first-order valence-corrected chi connectivity index (χ1v) is 8.16. The van der Waals surface area contributed by atoms with Crippen LogP contribution in [0.4, 0.5) is 5.69 Å². The number of hydrogen-bond donors (Lipinski definition) is 3. The third kappa shape index (κ3) is 5.09. The first-order chi connectivity index (χ1) is 11.7. The summed E-state index contributed by atoms with van der Waals surface area (Å²) in [5.41, 5.74) is 10.5. The summed E-state index contributed by atoms with van der Waals surface area (Å²) in [5.74, 6) is 1.06. The van der Waals surface area contributed by atoms with Crippen LogP contribution in [0.3, 0.4) is 0 Å². The van der Waals surface area contributed by atoms with Crippen LogP contribution in [0.1, 0.15) is 29.2 Å². The number of anilines is 1. The first-order valence-electron chi connectivity index (χ1n) is 8.16. The summed E-state index contributed by atoms with van der Waals surface area (Å²) in [4.78, 5) is 4.23. The maximum atomic E-state index is 10.2. The monoisotopic (exact) mass is 453 g/mol. The average molecular weight is 453 g/mol. The van der Waals surface area contributed by atoms with E-state index in [1.54, 1.807) is 7.11 Å². The lowest BCUT2D eigenvalue weighted by Gasteiger charge is -2.11. The van der Waals surface area contributed by atoms with Crippen molar-refractivity contribution in [1.82, 2.24) is 0 Å². The lowest BCUT2D eigenvalue weighted by atomic mass is 10.1. The van der Waals surface area contributed by atoms with Crippen LogP contribution in [0.15, 0.2) is 47.5 Å². The van der Waals surface area contributed by atoms with Gasteiger partial charge in [-0.15, -0.1) is 24.0 Å². The standard InChI is InChI=1S/C19H23N3O2.HI/c1-24-17-9-6-14(7-10-17)18(23)12-21-19(20)22-16-8-5-13-3-2-4-15(13)11-16;/h5-11,18,23H,2-4,12H2,1H3,(H3,20,21,22);1H. The number of nitrogens with one attached hydrogen (secondary N) is 1. The van der Waals surface area contributed by atoms with Gasteiger partial charge < -0.3 is 20.9 Å². The Balaban J connectivity index is 0.00000225. The maximum absolute atomic E-state index is 10.2. The van der Waals surface area contributed by atoms with Crippen molar-refractivity contribution in [3.63, 3.8) is 0 Å². The van der Waals surface area contributed by atoms with E-state index in [-0.39, 0.29) is 30.5 Å². The molecule has 6 heteroatoms. The van der Waals surface area contributed by atoms with Gasteiger partial charge in [0.25, 0.3) is 0 Å². The minimum atomic E-state index is -0.698. The average Bonchev–Trinajstić information content (AvgIpc) is 3.07. The molecule has 2 aromatic rings. The van der Waals surface area contributed by atoms with Crippen LogP contribution in [0.25, 0.3) is 0 Å². The molecule has 0 heterocycles. The Morgan fingerprint density at radius 3 is 2.64 bits per heavy atom. The van der Waals surface area contributed by atoms with Crippen molar-refractivity contribution in [3.8, 4) is 5.75 Å². The van der Waals surface area contributed by atoms with Gasteiger partial charge >= 0.3 is 0 Å². The predicted octanol–water partition coefficient (Wildman–Crippen LogP) is 3.26. The number of aliphatic hydroxyl groups excluding tert-OH is 1. The number of halogens is 1. The Bertz CT molecular complexity index is 732. The highest BCUT2D eigenvalue weighted by atomic mass is 127. The van der Waals surface area contributed by atoms with E-state index in [1.807, 2.05) is 30.3 Å². The molecule has 25 heavy (non-hydrogen) atoms. The lowest BCUT2D eigenvalue weighted by molar-refractivity contribution is 0.187. The fourth-order valence-electron chi connectivity index (χ4n) is 2.95. The molecule has 1 aliphatic carbocycles. The summed E-state index contributed by atoms with van der Waals surface area (Å²) in [6.07, 6.45) is 2.80. The van der Waals surface area contributed by atoms with Gasteiger partial charge in [-0.3, -0.25) is 4.99 Å². The fraction of sp³-hybridized carbons (Fsp3) is 0.316. The molecule has 4 N–H and O–H groups in total. The highest BCUT2D eigenvalue weighted by Crippen LogP contribution is 2.24. The highest BCUT2D eigenvalue weighted by Gasteiger charge is 2.11. The molecule has 0 spiro atoms. The highest BCUT2D eigenvalue weighted by molar-refractivity contribution is 14.0. The Hall–Kier alpha value is -1.80. The molecule has 134 valence electrons. The van der Waals surface area contributed by atoms with Gasteiger partial charge in [0.15, 0.2) is 5.96 Å². The van der Waals surface area contributed by atoms with E-state index in [0.717, 1.165) is 29.8 Å². The van der Waals surface area contributed by atoms with Crippen molar-refractivity contribution in [2.24, 2.45) is 10.7 Å². The van der Waals surface area contributed by atoms with Gasteiger partial charge in [0.05, 0.1) is 19.8 Å². The Labute approximate surface area is 165 Å². The number of fused-ring (bicyclic) bond motifs is 1. The second-order valence-corrected chi connectivity index (χ2v) is 5.98. The van der Waals surface area contributed by atoms with Crippen molar-refractivity contribution in [2.45, 2.75) is 25.4 Å². The molecule has 0 bridgehead atoms. The molecule has 1 unspecified atom stereocenters. The summed E-state index contributed by atoms with van der Waals surface area (Å²) in [5, 5.41) is 13.3. The normalized spacial score (nSPS) is 14.4. The topological polar surface area (TPSA) is 79.9 Å². The maximum Gasteiger partial charge on any atom is 0.193 e. The molecule has 0 radical (unpaired) electrons. The molecule has 5 nitrogen and oxygen atoms in total. The van der Waals surface area contributed by atoms with Gasteiger partial charge in [-0.1, -0.05) is 18.2 Å². The van der Waals surface area contributed by atoms with E-state index in [4.69, 9.17) is 10.5 Å². The van der Waals surface area contributed by atoms with Gasteiger partial charge in [-0.05, 0) is 60.2 Å². The minimum absolute atomic E-state index is 0. The van der Waals surface area contributed by atoms with Crippen LogP contribution in [-0.2, 0) is 12.8 Å². The zero-order valence-corrected chi connectivity index (χ0v) is 16.6. The minimum Gasteiger partial charge on any atom is -0.497 e. The number of aliphatic hydroxyl groups is 1. The van der Waals surface area contributed by atoms with E-state index in [0.29, 0.717) is 5.96 Å². The number of nitrogens with zero attached hydrogens (tertiary/aromatic N) is 1. The number of aliphatic imine (C=N–C) groups is 1. The Kier molecular flexibility index (Phi) is 7.07. The number of aryl methyl sites for hydroxylation is 2. The van der Waals surface area contributed by atoms with Crippen LogP contribution in [0, 0.1) is 0 Å². The molecule has 0 amide bonds. The first kappa shape index (κ1) is 19.5. The van der Waals surface area contributed by atoms with E-state index in [1.165, 1.54) is 17.5 Å². The molecule has 1 atom stereocenters. The van der Waals surface area contributed by atoms with Crippen LogP contribution in [0.2, 0.25) is 0 Å². The van der Waals surface area contributed by atoms with E-state index >= 15 is 0 Å². The lowest BCUT2D eigenvalue weighted by Crippen LogP contribution is -2.23. The zero-order chi connectivity index (χ0) is 16.9. The SMILES string of the molecule is COc1ccc(C(O)CN=C(N)Nc2ccc3c(c2)CCC3)cc1.I. The Morgan fingerprint density at radius 1 is 1.20 bits per heavy atom. The van der Waals surface area contributed by atoms with Gasteiger partial charge in [0.2, 0.25) is 0 Å². The molecule has 0 saturated heterocycles. The zero-order valence-electron chi connectivity index (χ0n) is 14.2. The summed E-state index contributed by atoms with van der Waals surface area (Å²) in [6.45, 7) is 0.204. The molecular weight excluding hydrogens is 429 g/mol. The molecule has 2 aromatic carbocycles. The van der Waals surface area contributed by atoms with Crippen molar-refractivity contribution in [1.29, 1.82) is 0 Å². The number of rotatable bonds is 5. The van der Waals surface area contributed by atoms with Crippen molar-refractivity contribution >= 4 is 35.6 Å². The van der Waals surface area contributed by atoms with Crippen molar-refractivity contribution < 1.29 is 9.84 Å². The largest absolute Gasteiger partial charge is 0.497 e. The van der Waals surface area contributed by atoms with Gasteiger partial charge in [0, 0.05) is 5.69 Å². The van der Waals surface area contributed by atoms with E-state index in [2.05, 4.69) is 22.4 Å². The predicted molar refractivity (Wildman–Crippen MR) is 112 cm³/mol. The summed E-state index contributed by atoms with van der Waals surface area (Å²) in [7, 11) is 1.61. The van der Waals surface area contributed by atoms with Gasteiger partial charge in [-0.2, -0.15) is 0 Å². The van der Waals surface area contributed by atoms with Gasteiger partial charge in [0.1, 0.15) is 5.75 Å². The summed E-state index contributed by atoms with van der Waals surface area (Å²) >= 11 is 0.